The Kier molecular flexibility index (Phi) is 62.0. The van der Waals surface area contributed by atoms with Gasteiger partial charge in [0.2, 0.25) is 0 Å². The molecule has 3 saturated heterocycles. The molecule has 6 unspecified atom stereocenters. The van der Waals surface area contributed by atoms with Gasteiger partial charge in [0.15, 0.2) is 6.29 Å². The molecule has 0 radical (unpaired) electrons. The molecule has 0 aromatic heterocycles. The lowest BCUT2D eigenvalue weighted by molar-refractivity contribution is -0.187. The van der Waals surface area contributed by atoms with Gasteiger partial charge in [-0.25, -0.2) is 4.39 Å². The average Bonchev–Trinajstić information content (AvgIpc) is 3.28. The summed E-state index contributed by atoms with van der Waals surface area (Å²) in [5.41, 5.74) is 7.51. The Morgan fingerprint density at radius 2 is 0.685 bits per heavy atom. The Bertz CT molecular complexity index is 1340. The van der Waals surface area contributed by atoms with Crippen molar-refractivity contribution in [2.24, 2.45) is 41.4 Å². The van der Waals surface area contributed by atoms with Gasteiger partial charge in [-0.3, -0.25) is 0 Å². The van der Waals surface area contributed by atoms with Crippen LogP contribution in [0.1, 0.15) is 256 Å². The summed E-state index contributed by atoms with van der Waals surface area (Å²) in [4.78, 5) is 0. The van der Waals surface area contributed by atoms with Gasteiger partial charge in [-0.15, -0.1) is 0 Å². The van der Waals surface area contributed by atoms with Crippen LogP contribution < -0.4 is 0 Å². The molecule has 2 aromatic rings. The Hall–Kier alpha value is -2.31. The SMILES string of the molecule is C.C.C.C.C.C.C.C.CC1=CCC(C)CC1.CC1=CCC(C)CC1.CC1CCC(C)CC1.CC1CCC(C)OC1.CC1CCC(C)OC1.CC1COC(C)OC1.Cc1ccc(C)c(F)c1.Cc1ccc(C)cc1.[HH]. The highest BCUT2D eigenvalue weighted by Crippen LogP contribution is 2.27. The van der Waals surface area contributed by atoms with Crippen LogP contribution in [0.25, 0.3) is 0 Å². The first kappa shape index (κ1) is 87.4. The van der Waals surface area contributed by atoms with Crippen LogP contribution in [0.5, 0.6) is 0 Å². The molecule has 0 N–H and O–H groups in total. The molecule has 3 aliphatic heterocycles. The maximum absolute atomic E-state index is 12.6. The molecule has 5 heteroatoms. The largest absolute Gasteiger partial charge is 0.378 e. The standard InChI is InChI=1S/C8H9F.C8H16.2C8H14.C8H10.2C7H14O.C6H12O2.8CH4.H2/c1-6-3-4-7(2)8(9)5-6;4*1-7-3-5-8(2)6-4-7;2*1-6-3-4-7(2)8-5-6;1-5-3-7-6(2)8-4-5;;;;;;;;;/h3-5H,1-2H3;7-8H,3-6H2,1-2H3;2*3,8H,4-6H2,1-2H3;3-6H,1-2H3;2*6-7H,3-5H2,1-2H3;5-6H,3-4H2,1-2H3;8*1H4;1H. The third-order valence-electron chi connectivity index (χ3n) is 13.3. The number of ether oxygens (including phenoxy) is 4. The van der Waals surface area contributed by atoms with Crippen LogP contribution in [0, 0.1) is 74.9 Å². The van der Waals surface area contributed by atoms with E-state index in [1.807, 2.05) is 19.9 Å². The molecule has 1 saturated carbocycles. The normalized spacial score (nSPS) is 26.2. The van der Waals surface area contributed by atoms with Crippen molar-refractivity contribution in [3.05, 3.63) is 93.8 Å². The van der Waals surface area contributed by atoms with Crippen LogP contribution in [0.4, 0.5) is 4.39 Å². The number of rotatable bonds is 0. The molecule has 3 aliphatic carbocycles. The topological polar surface area (TPSA) is 36.9 Å². The predicted molar refractivity (Wildman–Crippen MR) is 336 cm³/mol. The van der Waals surface area contributed by atoms with Crippen LogP contribution in [0.2, 0.25) is 0 Å². The Labute approximate surface area is 463 Å². The van der Waals surface area contributed by atoms with E-state index in [1.54, 1.807) is 24.1 Å². The van der Waals surface area contributed by atoms with Crippen LogP contribution in [-0.4, -0.2) is 44.9 Å². The lowest BCUT2D eigenvalue weighted by Gasteiger charge is -2.24. The van der Waals surface area contributed by atoms with Crippen LogP contribution in [0.3, 0.4) is 0 Å². The van der Waals surface area contributed by atoms with Gasteiger partial charge in [0, 0.05) is 20.6 Å². The van der Waals surface area contributed by atoms with E-state index < -0.39 is 0 Å². The minimum atomic E-state index is -0.116. The second-order valence-electron chi connectivity index (χ2n) is 21.6. The van der Waals surface area contributed by atoms with E-state index in [0.29, 0.717) is 23.7 Å². The molecule has 0 bridgehead atoms. The second kappa shape index (κ2) is 51.8. The number of allylic oxidation sites excluding steroid dienone is 4. The Morgan fingerprint density at radius 1 is 0.370 bits per heavy atom. The van der Waals surface area contributed by atoms with E-state index in [-0.39, 0.29) is 72.9 Å². The van der Waals surface area contributed by atoms with Crippen LogP contribution in [-0.2, 0) is 18.9 Å². The molecule has 3 heterocycles. The summed E-state index contributed by atoms with van der Waals surface area (Å²) < 4.78 is 33.7. The maximum Gasteiger partial charge on any atom is 0.154 e. The summed E-state index contributed by atoms with van der Waals surface area (Å²) in [7, 11) is 0. The van der Waals surface area contributed by atoms with Crippen molar-refractivity contribution in [2.45, 2.75) is 279 Å². The zero-order chi connectivity index (χ0) is 48.7. The molecular weight excluding hydrogens is 900 g/mol. The predicted octanol–water partition coefficient (Wildman–Crippen LogP) is 23.1. The first-order chi connectivity index (χ1) is 30.7. The van der Waals surface area contributed by atoms with E-state index in [1.165, 1.54) is 107 Å². The molecule has 4 fully saturated rings. The van der Waals surface area contributed by atoms with E-state index in [2.05, 4.69) is 126 Å². The minimum Gasteiger partial charge on any atom is -0.378 e. The molecule has 4 nitrogen and oxygen atoms in total. The third kappa shape index (κ3) is 49.0. The number of hydrogen-bond donors (Lipinski definition) is 0. The van der Waals surface area contributed by atoms with Gasteiger partial charge in [-0.2, -0.15) is 0 Å². The third-order valence-corrected chi connectivity index (χ3v) is 13.3. The Morgan fingerprint density at radius 3 is 0.918 bits per heavy atom. The molecule has 6 atom stereocenters. The fourth-order valence-electron chi connectivity index (χ4n) is 7.68. The summed E-state index contributed by atoms with van der Waals surface area (Å²) in [6, 6.07) is 13.7. The number of halogens is 1. The summed E-state index contributed by atoms with van der Waals surface area (Å²) in [6.45, 7) is 38.1. The first-order valence-corrected chi connectivity index (χ1v) is 26.3. The van der Waals surface area contributed by atoms with Gasteiger partial charge in [0.05, 0.1) is 25.4 Å². The monoisotopic (exact) mass is 1040 g/mol. The summed E-state index contributed by atoms with van der Waals surface area (Å²) in [6.07, 6.45) is 25.0. The van der Waals surface area contributed by atoms with Crippen LogP contribution >= 0.6 is 0 Å². The zero-order valence-electron chi connectivity index (χ0n) is 45.2. The van der Waals surface area contributed by atoms with Crippen molar-refractivity contribution in [2.75, 3.05) is 26.4 Å². The number of aryl methyl sites for hydroxylation is 4. The highest BCUT2D eigenvalue weighted by molar-refractivity contribution is 5.22. The quantitative estimate of drug-likeness (QED) is 0.246. The first-order valence-electron chi connectivity index (χ1n) is 26.3. The van der Waals surface area contributed by atoms with Gasteiger partial charge >= 0.3 is 0 Å². The van der Waals surface area contributed by atoms with Gasteiger partial charge in [-0.1, -0.05) is 204 Å². The number of hydrogen-bond acceptors (Lipinski definition) is 4. The zero-order valence-corrected chi connectivity index (χ0v) is 45.2. The van der Waals surface area contributed by atoms with Gasteiger partial charge < -0.3 is 18.9 Å². The van der Waals surface area contributed by atoms with Gasteiger partial charge in [0.1, 0.15) is 5.82 Å². The maximum atomic E-state index is 12.6. The van der Waals surface area contributed by atoms with Crippen LogP contribution in [0.15, 0.2) is 65.8 Å². The van der Waals surface area contributed by atoms with Gasteiger partial charge in [-0.05, 0) is 179 Å². The molecule has 0 spiro atoms. The summed E-state index contributed by atoms with van der Waals surface area (Å²) in [5, 5.41) is 0. The van der Waals surface area contributed by atoms with E-state index >= 15 is 0 Å². The molecule has 6 aliphatic rings. The molecule has 0 amide bonds. The summed E-state index contributed by atoms with van der Waals surface area (Å²) >= 11 is 0. The highest BCUT2D eigenvalue weighted by Gasteiger charge is 2.16. The number of benzene rings is 2. The fraction of sp³-hybridized carbons (Fsp3) is 0.765. The van der Waals surface area contributed by atoms with Crippen molar-refractivity contribution in [1.29, 1.82) is 0 Å². The highest BCUT2D eigenvalue weighted by atomic mass is 19.1. The molecular formula is C68H137FO4. The fourth-order valence-corrected chi connectivity index (χ4v) is 7.68. The summed E-state index contributed by atoms with van der Waals surface area (Å²) in [5.74, 6) is 5.98. The molecule has 8 rings (SSSR count). The van der Waals surface area contributed by atoms with E-state index in [9.17, 15) is 4.39 Å². The lowest BCUT2D eigenvalue weighted by atomic mass is 9.84. The van der Waals surface area contributed by atoms with Gasteiger partial charge in [0.25, 0.3) is 0 Å². The lowest BCUT2D eigenvalue weighted by Crippen LogP contribution is -2.27. The van der Waals surface area contributed by atoms with Crippen molar-refractivity contribution >= 4 is 0 Å². The van der Waals surface area contributed by atoms with Crippen molar-refractivity contribution in [3.63, 3.8) is 0 Å². The smallest absolute Gasteiger partial charge is 0.154 e. The van der Waals surface area contributed by atoms with E-state index in [4.69, 9.17) is 18.9 Å². The molecule has 440 valence electrons. The average molecular weight is 1040 g/mol. The minimum absolute atomic E-state index is 0. The van der Waals surface area contributed by atoms with Crippen molar-refractivity contribution in [3.8, 4) is 0 Å². The van der Waals surface area contributed by atoms with Crippen molar-refractivity contribution in [1.82, 2.24) is 0 Å². The Balaban J connectivity index is -0.0000000916. The van der Waals surface area contributed by atoms with Crippen molar-refractivity contribution < 1.29 is 24.8 Å². The molecule has 73 heavy (non-hydrogen) atoms. The second-order valence-corrected chi connectivity index (χ2v) is 21.6. The van der Waals surface area contributed by atoms with E-state index in [0.717, 1.165) is 67.5 Å². The molecule has 2 aromatic carbocycles.